The summed E-state index contributed by atoms with van der Waals surface area (Å²) in [6.07, 6.45) is 8.19. The van der Waals surface area contributed by atoms with Gasteiger partial charge in [0.2, 0.25) is 10.0 Å². The van der Waals surface area contributed by atoms with Crippen LogP contribution >= 0.6 is 11.6 Å². The minimum absolute atomic E-state index is 0.108. The fourth-order valence-corrected chi connectivity index (χ4v) is 4.98. The summed E-state index contributed by atoms with van der Waals surface area (Å²) in [5, 5.41) is 1.79. The summed E-state index contributed by atoms with van der Waals surface area (Å²) in [6.45, 7) is -1.47. The maximum atomic E-state index is 12.7. The third-order valence-electron chi connectivity index (χ3n) is 5.39. The Balaban J connectivity index is 1.74. The van der Waals surface area contributed by atoms with Crippen molar-refractivity contribution < 1.29 is 17.2 Å². The van der Waals surface area contributed by atoms with Gasteiger partial charge in [-0.25, -0.2) is 21.9 Å². The summed E-state index contributed by atoms with van der Waals surface area (Å²) in [5.41, 5.74) is 8.30. The topological polar surface area (TPSA) is 90.0 Å². The number of halogens is 3. The predicted molar refractivity (Wildman–Crippen MR) is 113 cm³/mol. The van der Waals surface area contributed by atoms with Crippen LogP contribution in [-0.2, 0) is 16.6 Å². The first-order valence-corrected chi connectivity index (χ1v) is 11.7. The molecule has 162 valence electrons. The number of hydrogen-bond donors (Lipinski definition) is 2. The number of alkyl halides is 3. The van der Waals surface area contributed by atoms with Crippen LogP contribution in [0.2, 0.25) is 0 Å². The predicted octanol–water partition coefficient (Wildman–Crippen LogP) is 1.70. The zero-order chi connectivity index (χ0) is 21.5. The molecule has 0 spiro atoms. The molecule has 2 aliphatic rings. The van der Waals surface area contributed by atoms with E-state index in [0.717, 1.165) is 35.6 Å². The lowest BCUT2D eigenvalue weighted by molar-refractivity contribution is 0.334. The van der Waals surface area contributed by atoms with Crippen molar-refractivity contribution in [3.05, 3.63) is 28.9 Å². The van der Waals surface area contributed by atoms with E-state index >= 15 is 0 Å². The third-order valence-corrected chi connectivity index (χ3v) is 7.20. The summed E-state index contributed by atoms with van der Waals surface area (Å²) >= 11 is 6.33. The molecule has 1 atom stereocenters. The molecule has 3 N–H and O–H groups in total. The van der Waals surface area contributed by atoms with Crippen LogP contribution in [0.3, 0.4) is 0 Å². The lowest BCUT2D eigenvalue weighted by atomic mass is 10.1. The average Bonchev–Trinajstić information content (AvgIpc) is 3.51. The van der Waals surface area contributed by atoms with E-state index in [9.17, 15) is 17.2 Å². The fourth-order valence-electron chi connectivity index (χ4n) is 3.64. The smallest absolute Gasteiger partial charge is 0.242 e. The van der Waals surface area contributed by atoms with Crippen molar-refractivity contribution in [1.29, 1.82) is 0 Å². The molecule has 2 heterocycles. The first-order valence-electron chi connectivity index (χ1n) is 9.78. The Hall–Kier alpha value is -1.97. The van der Waals surface area contributed by atoms with E-state index in [0.29, 0.717) is 23.7 Å². The van der Waals surface area contributed by atoms with Crippen LogP contribution in [0.4, 0.5) is 14.5 Å². The summed E-state index contributed by atoms with van der Waals surface area (Å²) in [4.78, 5) is 4.15. The Morgan fingerprint density at radius 2 is 2.03 bits per heavy atom. The van der Waals surface area contributed by atoms with Gasteiger partial charge in [0.05, 0.1) is 28.5 Å². The van der Waals surface area contributed by atoms with Gasteiger partial charge in [-0.3, -0.25) is 4.98 Å². The second kappa shape index (κ2) is 8.28. The van der Waals surface area contributed by atoms with Crippen molar-refractivity contribution in [3.8, 4) is 11.4 Å². The molecule has 1 unspecified atom stereocenters. The number of aromatic nitrogens is 2. The summed E-state index contributed by atoms with van der Waals surface area (Å²) in [5.74, 6) is 0.575. The molecule has 2 aliphatic carbocycles. The minimum Gasteiger partial charge on any atom is -0.396 e. The molecule has 1 fully saturated rings. The van der Waals surface area contributed by atoms with E-state index in [4.69, 9.17) is 17.3 Å². The summed E-state index contributed by atoms with van der Waals surface area (Å²) in [7, 11) is -4.08. The van der Waals surface area contributed by atoms with Crippen LogP contribution in [-0.4, -0.2) is 42.7 Å². The molecule has 6 nitrogen and oxygen atoms in total. The minimum atomic E-state index is -4.08. The van der Waals surface area contributed by atoms with Crippen molar-refractivity contribution in [2.75, 3.05) is 19.1 Å². The van der Waals surface area contributed by atoms with E-state index < -0.39 is 29.4 Å². The molecule has 0 bridgehead atoms. The molecular formula is C20H23ClF2N4O2S. The lowest BCUT2D eigenvalue weighted by Crippen LogP contribution is -2.37. The highest BCUT2D eigenvalue weighted by Gasteiger charge is 2.27. The van der Waals surface area contributed by atoms with Gasteiger partial charge >= 0.3 is 0 Å². The van der Waals surface area contributed by atoms with Crippen molar-refractivity contribution in [1.82, 2.24) is 14.3 Å². The molecule has 30 heavy (non-hydrogen) atoms. The molecule has 4 rings (SSSR count). The van der Waals surface area contributed by atoms with Crippen molar-refractivity contribution in [2.24, 2.45) is 5.92 Å². The largest absolute Gasteiger partial charge is 0.396 e. The molecule has 0 radical (unpaired) electrons. The molecule has 10 heteroatoms. The molecule has 0 saturated heterocycles. The fraction of sp³-hybridized carbons (Fsp3) is 0.450. The SMILES string of the molecule is Nc1c(-c2ccc(S(=O)(=O)NC(CF)CF)cn2)n(CC2CC2)c2c1=CCC(Cl)C=2. The molecule has 2 aromatic rings. The Kier molecular flexibility index (Phi) is 5.87. The number of pyridine rings is 1. The highest BCUT2D eigenvalue weighted by atomic mass is 35.5. The number of fused-ring (bicyclic) bond motifs is 1. The van der Waals surface area contributed by atoms with Crippen LogP contribution in [0.1, 0.15) is 19.3 Å². The van der Waals surface area contributed by atoms with Crippen LogP contribution in [0, 0.1) is 5.92 Å². The van der Waals surface area contributed by atoms with Crippen LogP contribution in [0.25, 0.3) is 23.5 Å². The number of nitrogen functional groups attached to an aromatic ring is 1. The quantitative estimate of drug-likeness (QED) is 0.592. The Morgan fingerprint density at radius 1 is 1.30 bits per heavy atom. The number of sulfonamides is 1. The van der Waals surface area contributed by atoms with Gasteiger partial charge in [-0.1, -0.05) is 6.08 Å². The number of nitrogens with one attached hydrogen (secondary N) is 1. The molecule has 0 aliphatic heterocycles. The number of nitrogens with two attached hydrogens (primary N) is 1. The summed E-state index contributed by atoms with van der Waals surface area (Å²) < 4.78 is 54.2. The monoisotopic (exact) mass is 456 g/mol. The van der Waals surface area contributed by atoms with Crippen molar-refractivity contribution >= 4 is 39.5 Å². The van der Waals surface area contributed by atoms with Crippen LogP contribution in [0.15, 0.2) is 23.2 Å². The van der Waals surface area contributed by atoms with Gasteiger partial charge in [-0.15, -0.1) is 11.6 Å². The molecule has 0 aromatic carbocycles. The number of anilines is 1. The van der Waals surface area contributed by atoms with Crippen molar-refractivity contribution in [3.63, 3.8) is 0 Å². The maximum Gasteiger partial charge on any atom is 0.242 e. The van der Waals surface area contributed by atoms with Gasteiger partial charge in [0.25, 0.3) is 0 Å². The maximum absolute atomic E-state index is 12.7. The number of nitrogens with zero attached hydrogens (tertiary/aromatic N) is 2. The number of rotatable bonds is 8. The van der Waals surface area contributed by atoms with Gasteiger partial charge in [-0.2, -0.15) is 0 Å². The Labute approximate surface area is 178 Å². The van der Waals surface area contributed by atoms with Gasteiger partial charge in [0, 0.05) is 23.3 Å². The first-order chi connectivity index (χ1) is 14.3. The Bertz CT molecular complexity index is 1160. The molecule has 0 amide bonds. The van der Waals surface area contributed by atoms with Gasteiger partial charge in [0.15, 0.2) is 0 Å². The third kappa shape index (κ3) is 4.10. The first kappa shape index (κ1) is 21.3. The second-order valence-corrected chi connectivity index (χ2v) is 10.0. The van der Waals surface area contributed by atoms with Crippen LogP contribution in [0.5, 0.6) is 0 Å². The zero-order valence-electron chi connectivity index (χ0n) is 16.2. The van der Waals surface area contributed by atoms with E-state index in [1.807, 2.05) is 16.9 Å². The standard InChI is InChI=1S/C20H23ClF2N4O2S/c21-13-3-5-16-18(7-13)27(11-12-1-2-12)20(19(16)24)17-6-4-15(10-25-17)30(28,29)26-14(8-22)9-23/h4-7,10,12-14,26H,1-3,8-9,11,24H2. The van der Waals surface area contributed by atoms with E-state index in [1.54, 1.807) is 6.07 Å². The van der Waals surface area contributed by atoms with Gasteiger partial charge in [0.1, 0.15) is 18.2 Å². The lowest BCUT2D eigenvalue weighted by Gasteiger charge is -2.13. The second-order valence-electron chi connectivity index (χ2n) is 7.74. The molecule has 2 aromatic heterocycles. The van der Waals surface area contributed by atoms with Gasteiger partial charge < -0.3 is 10.3 Å². The average molecular weight is 457 g/mol. The van der Waals surface area contributed by atoms with E-state index in [2.05, 4.69) is 9.55 Å². The highest BCUT2D eigenvalue weighted by molar-refractivity contribution is 7.89. The van der Waals surface area contributed by atoms with Gasteiger partial charge in [-0.05, 0) is 43.4 Å². The van der Waals surface area contributed by atoms with E-state index in [-0.39, 0.29) is 10.3 Å². The Morgan fingerprint density at radius 3 is 2.63 bits per heavy atom. The van der Waals surface area contributed by atoms with Crippen molar-refractivity contribution in [2.45, 2.75) is 42.1 Å². The normalized spacial score (nSPS) is 18.7. The number of hydrogen-bond acceptors (Lipinski definition) is 4. The van der Waals surface area contributed by atoms with Crippen LogP contribution < -0.4 is 21.0 Å². The molecular weight excluding hydrogens is 434 g/mol. The molecule has 1 saturated carbocycles. The highest BCUT2D eigenvalue weighted by Crippen LogP contribution is 2.33. The zero-order valence-corrected chi connectivity index (χ0v) is 17.8. The van der Waals surface area contributed by atoms with E-state index in [1.165, 1.54) is 12.3 Å². The summed E-state index contributed by atoms with van der Waals surface area (Å²) in [6, 6.07) is 1.51.